The van der Waals surface area contributed by atoms with Crippen LogP contribution in [-0.4, -0.2) is 28.4 Å². The van der Waals surface area contributed by atoms with Gasteiger partial charge in [0.25, 0.3) is 0 Å². The first-order valence-corrected chi connectivity index (χ1v) is 7.98. The van der Waals surface area contributed by atoms with E-state index in [1.54, 1.807) is 0 Å². The quantitative estimate of drug-likeness (QED) is 0.518. The molecular weight excluding hydrogens is 192 g/mol. The monoisotopic (exact) mass is 214 g/mol. The van der Waals surface area contributed by atoms with Crippen LogP contribution in [0.5, 0.6) is 0 Å². The zero-order valence-electron chi connectivity index (χ0n) is 9.37. The molecule has 2 aliphatic rings. The summed E-state index contributed by atoms with van der Waals surface area (Å²) in [7, 11) is 1.02. The van der Waals surface area contributed by atoms with Crippen LogP contribution >= 0.6 is 0 Å². The molecule has 1 saturated carbocycles. The fourth-order valence-corrected chi connectivity index (χ4v) is 5.76. The molecule has 2 rings (SSSR count). The van der Waals surface area contributed by atoms with Crippen LogP contribution < -0.4 is 0 Å². The third-order valence-electron chi connectivity index (χ3n) is 3.72. The van der Waals surface area contributed by atoms with Gasteiger partial charge < -0.3 is 9.16 Å². The van der Waals surface area contributed by atoms with Crippen molar-refractivity contribution in [3.63, 3.8) is 0 Å². The molecule has 3 heteroatoms. The second kappa shape index (κ2) is 4.77. The van der Waals surface area contributed by atoms with Crippen molar-refractivity contribution in [3.8, 4) is 0 Å². The number of ether oxygens (including phenoxy) is 1. The predicted octanol–water partition coefficient (Wildman–Crippen LogP) is 2.48. The van der Waals surface area contributed by atoms with E-state index in [1.165, 1.54) is 38.1 Å². The molecule has 4 atom stereocenters. The summed E-state index contributed by atoms with van der Waals surface area (Å²) in [5.74, 6) is 0. The van der Waals surface area contributed by atoms with Crippen LogP contribution in [0.25, 0.3) is 0 Å². The van der Waals surface area contributed by atoms with Crippen LogP contribution in [0.2, 0.25) is 11.6 Å². The van der Waals surface area contributed by atoms with Crippen molar-refractivity contribution in [1.29, 1.82) is 0 Å². The second-order valence-electron chi connectivity index (χ2n) is 4.70. The first-order valence-electron chi connectivity index (χ1n) is 6.03. The smallest absolute Gasteiger partial charge is 0.179 e. The number of epoxide rings is 1. The molecule has 0 amide bonds. The zero-order chi connectivity index (χ0) is 9.97. The van der Waals surface area contributed by atoms with E-state index in [-0.39, 0.29) is 0 Å². The first kappa shape index (κ1) is 10.6. The van der Waals surface area contributed by atoms with E-state index in [4.69, 9.17) is 9.16 Å². The Balaban J connectivity index is 1.78. The van der Waals surface area contributed by atoms with Crippen LogP contribution in [-0.2, 0) is 9.16 Å². The standard InChI is InChI=1S/C11H22O2Si/c1-3-4-7-14(12-2)9-5-6-10-11(8-9)13-10/h9-11,14H,3-8H2,1-2H3. The van der Waals surface area contributed by atoms with Crippen molar-refractivity contribution in [2.45, 2.75) is 62.8 Å². The van der Waals surface area contributed by atoms with Gasteiger partial charge in [0, 0.05) is 7.11 Å². The molecule has 0 aromatic carbocycles. The lowest BCUT2D eigenvalue weighted by molar-refractivity contribution is 0.368. The van der Waals surface area contributed by atoms with Crippen molar-refractivity contribution in [2.24, 2.45) is 0 Å². The van der Waals surface area contributed by atoms with Crippen molar-refractivity contribution < 1.29 is 9.16 Å². The topological polar surface area (TPSA) is 21.8 Å². The van der Waals surface area contributed by atoms with Crippen molar-refractivity contribution in [3.05, 3.63) is 0 Å². The molecule has 2 nitrogen and oxygen atoms in total. The Morgan fingerprint density at radius 2 is 2.21 bits per heavy atom. The SMILES string of the molecule is CCCC[SiH](OC)C1CCC2OC2C1. The van der Waals surface area contributed by atoms with Gasteiger partial charge in [-0.1, -0.05) is 19.8 Å². The van der Waals surface area contributed by atoms with E-state index < -0.39 is 9.04 Å². The lowest BCUT2D eigenvalue weighted by Gasteiger charge is -2.25. The van der Waals surface area contributed by atoms with Gasteiger partial charge in [0.05, 0.1) is 12.2 Å². The normalized spacial score (nSPS) is 37.7. The summed E-state index contributed by atoms with van der Waals surface area (Å²) in [6.45, 7) is 2.27. The molecule has 82 valence electrons. The molecule has 0 bridgehead atoms. The summed E-state index contributed by atoms with van der Waals surface area (Å²) in [6.07, 6.45) is 7.91. The molecule has 1 heterocycles. The van der Waals surface area contributed by atoms with Crippen LogP contribution in [0, 0.1) is 0 Å². The highest BCUT2D eigenvalue weighted by Gasteiger charge is 2.45. The predicted molar refractivity (Wildman–Crippen MR) is 60.1 cm³/mol. The third kappa shape index (κ3) is 2.38. The maximum absolute atomic E-state index is 5.74. The minimum atomic E-state index is -0.904. The van der Waals surface area contributed by atoms with Crippen LogP contribution in [0.3, 0.4) is 0 Å². The highest BCUT2D eigenvalue weighted by molar-refractivity contribution is 6.53. The molecule has 0 aromatic rings. The average Bonchev–Trinajstić information content (AvgIpc) is 2.97. The van der Waals surface area contributed by atoms with Gasteiger partial charge in [0.2, 0.25) is 0 Å². The second-order valence-corrected chi connectivity index (χ2v) is 7.77. The Hall–Kier alpha value is 0.137. The largest absolute Gasteiger partial charge is 0.423 e. The number of rotatable bonds is 5. The van der Waals surface area contributed by atoms with Gasteiger partial charge >= 0.3 is 0 Å². The van der Waals surface area contributed by atoms with Crippen molar-refractivity contribution in [2.75, 3.05) is 7.11 Å². The minimum Gasteiger partial charge on any atom is -0.423 e. The lowest BCUT2D eigenvalue weighted by atomic mass is 10.0. The van der Waals surface area contributed by atoms with Gasteiger partial charge in [0.15, 0.2) is 9.04 Å². The Labute approximate surface area is 88.7 Å². The van der Waals surface area contributed by atoms with E-state index in [2.05, 4.69) is 6.92 Å². The Bertz CT molecular complexity index is 186. The minimum absolute atomic E-state index is 0.625. The molecule has 1 aliphatic heterocycles. The summed E-state index contributed by atoms with van der Waals surface area (Å²) in [5, 5.41) is 0. The van der Waals surface area contributed by atoms with E-state index in [9.17, 15) is 0 Å². The summed E-state index contributed by atoms with van der Waals surface area (Å²) in [5.41, 5.74) is 0.898. The fraction of sp³-hybridized carbons (Fsp3) is 1.00. The van der Waals surface area contributed by atoms with Gasteiger partial charge in [-0.15, -0.1) is 0 Å². The van der Waals surface area contributed by atoms with Gasteiger partial charge in [0.1, 0.15) is 0 Å². The molecular formula is C11H22O2Si. The maximum Gasteiger partial charge on any atom is 0.179 e. The third-order valence-corrected chi connectivity index (χ3v) is 6.96. The van der Waals surface area contributed by atoms with Gasteiger partial charge in [-0.3, -0.25) is 0 Å². The Morgan fingerprint density at radius 1 is 1.36 bits per heavy atom. The highest BCUT2D eigenvalue weighted by Crippen LogP contribution is 2.44. The van der Waals surface area contributed by atoms with E-state index in [1.807, 2.05) is 7.11 Å². The van der Waals surface area contributed by atoms with E-state index >= 15 is 0 Å². The Kier molecular flexibility index (Phi) is 3.63. The van der Waals surface area contributed by atoms with Gasteiger partial charge in [-0.05, 0) is 30.8 Å². The molecule has 2 fully saturated rings. The Morgan fingerprint density at radius 3 is 2.86 bits per heavy atom. The van der Waals surface area contributed by atoms with Crippen LogP contribution in [0.15, 0.2) is 0 Å². The summed E-state index contributed by atoms with van der Waals surface area (Å²) >= 11 is 0. The summed E-state index contributed by atoms with van der Waals surface area (Å²) < 4.78 is 11.3. The van der Waals surface area contributed by atoms with E-state index in [0.717, 1.165) is 5.54 Å². The molecule has 1 aliphatic carbocycles. The molecule has 14 heavy (non-hydrogen) atoms. The van der Waals surface area contributed by atoms with Gasteiger partial charge in [-0.2, -0.15) is 0 Å². The lowest BCUT2D eigenvalue weighted by Crippen LogP contribution is -2.27. The average molecular weight is 214 g/mol. The van der Waals surface area contributed by atoms with Crippen LogP contribution in [0.1, 0.15) is 39.0 Å². The number of fused-ring (bicyclic) bond motifs is 1. The zero-order valence-corrected chi connectivity index (χ0v) is 10.5. The molecule has 4 unspecified atom stereocenters. The molecule has 0 spiro atoms. The molecule has 1 saturated heterocycles. The summed E-state index contributed by atoms with van der Waals surface area (Å²) in [6, 6.07) is 1.37. The summed E-state index contributed by atoms with van der Waals surface area (Å²) in [4.78, 5) is 0. The number of unbranched alkanes of at least 4 members (excludes halogenated alkanes) is 1. The fourth-order valence-electron chi connectivity index (χ4n) is 2.72. The first-order chi connectivity index (χ1) is 6.85. The molecule has 0 N–H and O–H groups in total. The number of hydrogen-bond donors (Lipinski definition) is 0. The molecule has 0 radical (unpaired) electrons. The van der Waals surface area contributed by atoms with E-state index in [0.29, 0.717) is 12.2 Å². The number of hydrogen-bond acceptors (Lipinski definition) is 2. The highest BCUT2D eigenvalue weighted by atomic mass is 28.3. The maximum atomic E-state index is 5.74. The van der Waals surface area contributed by atoms with Gasteiger partial charge in [-0.25, -0.2) is 0 Å². The van der Waals surface area contributed by atoms with Crippen molar-refractivity contribution in [1.82, 2.24) is 0 Å². The van der Waals surface area contributed by atoms with Crippen molar-refractivity contribution >= 4 is 9.04 Å². The molecule has 0 aromatic heterocycles. The van der Waals surface area contributed by atoms with Crippen LogP contribution in [0.4, 0.5) is 0 Å².